The van der Waals surface area contributed by atoms with Crippen LogP contribution in [-0.2, 0) is 27.5 Å². The molecule has 3 aliphatic rings. The predicted octanol–water partition coefficient (Wildman–Crippen LogP) is 3.37. The van der Waals surface area contributed by atoms with Gasteiger partial charge in [0.25, 0.3) is 5.91 Å². The zero-order valence-electron chi connectivity index (χ0n) is 20.4. The number of benzene rings is 2. The van der Waals surface area contributed by atoms with Crippen molar-refractivity contribution in [2.75, 3.05) is 26.2 Å². The highest BCUT2D eigenvalue weighted by molar-refractivity contribution is 6.05. The number of imide groups is 1. The summed E-state index contributed by atoms with van der Waals surface area (Å²) < 4.78 is 20.4. The number of ether oxygens (including phenoxy) is 1. The highest BCUT2D eigenvalue weighted by Crippen LogP contribution is 2.37. The standard InChI is InChI=1S/C28H32FN3O4/c29-21-15-22(24-17-32(28(35)23(24)16-21)25-7-8-26(33)30-27(25)34)20-9-12-31(13-10-20)11-4-14-36-18-19-5-2-1-3-6-19/h1-3,5-6,15-16,20,25H,4,7-14,17-18H2,(H,30,33,34). The maximum Gasteiger partial charge on any atom is 0.255 e. The summed E-state index contributed by atoms with van der Waals surface area (Å²) in [4.78, 5) is 40.9. The Labute approximate surface area is 210 Å². The molecule has 36 heavy (non-hydrogen) atoms. The molecular weight excluding hydrogens is 461 g/mol. The maximum atomic E-state index is 14.6. The molecule has 7 nitrogen and oxygen atoms in total. The Bertz CT molecular complexity index is 1130. The van der Waals surface area contributed by atoms with E-state index >= 15 is 0 Å². The molecule has 2 saturated heterocycles. The van der Waals surface area contributed by atoms with Crippen LogP contribution in [0.5, 0.6) is 0 Å². The Morgan fingerprint density at radius 3 is 2.56 bits per heavy atom. The van der Waals surface area contributed by atoms with E-state index in [4.69, 9.17) is 4.74 Å². The van der Waals surface area contributed by atoms with Gasteiger partial charge >= 0.3 is 0 Å². The van der Waals surface area contributed by atoms with Crippen molar-refractivity contribution in [3.63, 3.8) is 0 Å². The summed E-state index contributed by atoms with van der Waals surface area (Å²) in [6.07, 6.45) is 3.26. The number of likely N-dealkylation sites (tertiary alicyclic amines) is 1. The number of amides is 3. The molecule has 0 aromatic heterocycles. The van der Waals surface area contributed by atoms with Crippen molar-refractivity contribution < 1.29 is 23.5 Å². The highest BCUT2D eigenvalue weighted by Gasteiger charge is 2.41. The van der Waals surface area contributed by atoms with Crippen LogP contribution >= 0.6 is 0 Å². The third-order valence-corrected chi connectivity index (χ3v) is 7.56. The fraction of sp³-hybridized carbons (Fsp3) is 0.464. The van der Waals surface area contributed by atoms with E-state index in [1.807, 2.05) is 18.2 Å². The summed E-state index contributed by atoms with van der Waals surface area (Å²) in [5.74, 6) is -1.33. The van der Waals surface area contributed by atoms with Crippen LogP contribution in [0.1, 0.15) is 65.1 Å². The summed E-state index contributed by atoms with van der Waals surface area (Å²) in [7, 11) is 0. The minimum absolute atomic E-state index is 0.176. The molecular formula is C28H32FN3O4. The fourth-order valence-corrected chi connectivity index (χ4v) is 5.64. The van der Waals surface area contributed by atoms with Crippen LogP contribution in [0, 0.1) is 5.82 Å². The summed E-state index contributed by atoms with van der Waals surface area (Å²) in [5, 5.41) is 2.32. The smallest absolute Gasteiger partial charge is 0.255 e. The number of nitrogens with one attached hydrogen (secondary N) is 1. The summed E-state index contributed by atoms with van der Waals surface area (Å²) in [6.45, 7) is 4.42. The third kappa shape index (κ3) is 5.34. The van der Waals surface area contributed by atoms with Crippen molar-refractivity contribution in [2.45, 2.75) is 57.2 Å². The van der Waals surface area contributed by atoms with E-state index in [-0.39, 0.29) is 30.7 Å². The lowest BCUT2D eigenvalue weighted by Crippen LogP contribution is -2.52. The average molecular weight is 494 g/mol. The Balaban J connectivity index is 1.15. The van der Waals surface area contributed by atoms with Gasteiger partial charge in [0.15, 0.2) is 0 Å². The van der Waals surface area contributed by atoms with Crippen LogP contribution < -0.4 is 5.32 Å². The maximum absolute atomic E-state index is 14.6. The molecule has 0 radical (unpaired) electrons. The normalized spacial score (nSPS) is 21.1. The van der Waals surface area contributed by atoms with Crippen molar-refractivity contribution in [1.82, 2.24) is 15.1 Å². The minimum Gasteiger partial charge on any atom is -0.377 e. The Kier molecular flexibility index (Phi) is 7.43. The van der Waals surface area contributed by atoms with Gasteiger partial charge in [-0.15, -0.1) is 0 Å². The van der Waals surface area contributed by atoms with Gasteiger partial charge in [0.2, 0.25) is 11.8 Å². The summed E-state index contributed by atoms with van der Waals surface area (Å²) in [5.41, 5.74) is 3.25. The highest BCUT2D eigenvalue weighted by atomic mass is 19.1. The quantitative estimate of drug-likeness (QED) is 0.451. The summed E-state index contributed by atoms with van der Waals surface area (Å²) >= 11 is 0. The van der Waals surface area contributed by atoms with Gasteiger partial charge in [0, 0.05) is 31.7 Å². The Hall–Kier alpha value is -3.10. The second-order valence-electron chi connectivity index (χ2n) is 9.93. The lowest BCUT2D eigenvalue weighted by atomic mass is 9.85. The van der Waals surface area contributed by atoms with E-state index in [9.17, 15) is 18.8 Å². The molecule has 3 heterocycles. The molecule has 8 heteroatoms. The Morgan fingerprint density at radius 1 is 1.03 bits per heavy atom. The summed E-state index contributed by atoms with van der Waals surface area (Å²) in [6, 6.07) is 12.3. The number of fused-ring (bicyclic) bond motifs is 1. The van der Waals surface area contributed by atoms with Crippen LogP contribution in [-0.4, -0.2) is 59.8 Å². The third-order valence-electron chi connectivity index (χ3n) is 7.56. The van der Waals surface area contributed by atoms with Crippen molar-refractivity contribution >= 4 is 17.7 Å². The van der Waals surface area contributed by atoms with Crippen LogP contribution in [0.4, 0.5) is 4.39 Å². The number of halogens is 1. The second-order valence-corrected chi connectivity index (χ2v) is 9.93. The van der Waals surface area contributed by atoms with Crippen molar-refractivity contribution in [3.05, 3.63) is 70.5 Å². The first-order valence-electron chi connectivity index (χ1n) is 12.8. The first-order chi connectivity index (χ1) is 17.5. The molecule has 0 spiro atoms. The van der Waals surface area contributed by atoms with Gasteiger partial charge in [-0.3, -0.25) is 19.7 Å². The average Bonchev–Trinajstić information content (AvgIpc) is 3.20. The lowest BCUT2D eigenvalue weighted by Gasteiger charge is -2.33. The zero-order chi connectivity index (χ0) is 25.1. The zero-order valence-corrected chi connectivity index (χ0v) is 20.4. The predicted molar refractivity (Wildman–Crippen MR) is 132 cm³/mol. The molecule has 3 amide bonds. The molecule has 0 saturated carbocycles. The van der Waals surface area contributed by atoms with Crippen molar-refractivity contribution in [3.8, 4) is 0 Å². The van der Waals surface area contributed by atoms with E-state index in [0.717, 1.165) is 50.0 Å². The van der Waals surface area contributed by atoms with Gasteiger partial charge < -0.3 is 14.5 Å². The molecule has 1 unspecified atom stereocenters. The molecule has 0 bridgehead atoms. The van der Waals surface area contributed by atoms with Gasteiger partial charge in [-0.1, -0.05) is 30.3 Å². The van der Waals surface area contributed by atoms with Crippen LogP contribution in [0.3, 0.4) is 0 Å². The van der Waals surface area contributed by atoms with E-state index in [2.05, 4.69) is 22.3 Å². The van der Waals surface area contributed by atoms with Gasteiger partial charge in [0.1, 0.15) is 11.9 Å². The molecule has 5 rings (SSSR count). The molecule has 1 atom stereocenters. The van der Waals surface area contributed by atoms with E-state index in [1.165, 1.54) is 16.5 Å². The molecule has 2 aromatic rings. The van der Waals surface area contributed by atoms with Crippen LogP contribution in [0.15, 0.2) is 42.5 Å². The number of rotatable bonds is 8. The van der Waals surface area contributed by atoms with Gasteiger partial charge in [-0.2, -0.15) is 0 Å². The number of nitrogens with zero attached hydrogens (tertiary/aromatic N) is 2. The minimum atomic E-state index is -0.690. The van der Waals surface area contributed by atoms with E-state index in [0.29, 0.717) is 25.2 Å². The monoisotopic (exact) mass is 493 g/mol. The first kappa shape index (κ1) is 24.6. The fourth-order valence-electron chi connectivity index (χ4n) is 5.64. The number of hydrogen-bond acceptors (Lipinski definition) is 5. The molecule has 3 aliphatic heterocycles. The van der Waals surface area contributed by atoms with Crippen LogP contribution in [0.2, 0.25) is 0 Å². The van der Waals surface area contributed by atoms with Gasteiger partial charge in [0.05, 0.1) is 6.61 Å². The topological polar surface area (TPSA) is 79.0 Å². The van der Waals surface area contributed by atoms with Crippen molar-refractivity contribution in [1.29, 1.82) is 0 Å². The van der Waals surface area contributed by atoms with Crippen molar-refractivity contribution in [2.24, 2.45) is 0 Å². The second kappa shape index (κ2) is 10.9. The Morgan fingerprint density at radius 2 is 1.81 bits per heavy atom. The first-order valence-corrected chi connectivity index (χ1v) is 12.8. The number of carbonyl (C=O) groups is 3. The number of carbonyl (C=O) groups excluding carboxylic acids is 3. The number of piperidine rings is 2. The van der Waals surface area contributed by atoms with Gasteiger partial charge in [-0.05, 0) is 73.5 Å². The van der Waals surface area contributed by atoms with Gasteiger partial charge in [-0.25, -0.2) is 4.39 Å². The van der Waals surface area contributed by atoms with E-state index in [1.54, 1.807) is 6.07 Å². The molecule has 2 fully saturated rings. The SMILES string of the molecule is O=C1CCC(N2Cc3c(cc(F)cc3C3CCN(CCCOCc4ccccc4)CC3)C2=O)C(=O)N1. The molecule has 1 N–H and O–H groups in total. The molecule has 0 aliphatic carbocycles. The largest absolute Gasteiger partial charge is 0.377 e. The number of hydrogen-bond donors (Lipinski definition) is 1. The van der Waals surface area contributed by atoms with Crippen LogP contribution in [0.25, 0.3) is 0 Å². The van der Waals surface area contributed by atoms with E-state index < -0.39 is 17.8 Å². The molecule has 190 valence electrons. The molecule has 2 aromatic carbocycles. The lowest BCUT2D eigenvalue weighted by molar-refractivity contribution is -0.136.